The van der Waals surface area contributed by atoms with E-state index in [-0.39, 0.29) is 11.7 Å². The second kappa shape index (κ2) is 6.84. The third-order valence-corrected chi connectivity index (χ3v) is 4.11. The van der Waals surface area contributed by atoms with Gasteiger partial charge in [0, 0.05) is 22.9 Å². The molecule has 0 amide bonds. The first-order chi connectivity index (χ1) is 11.1. The van der Waals surface area contributed by atoms with Crippen LogP contribution in [0.1, 0.15) is 39.8 Å². The number of aryl methyl sites for hydroxylation is 1. The molecule has 2 aromatic carbocycles. The predicted octanol–water partition coefficient (Wildman–Crippen LogP) is 5.65. The molecule has 1 unspecified atom stereocenters. The summed E-state index contributed by atoms with van der Waals surface area (Å²) in [6.07, 6.45) is 0.360. The Morgan fingerprint density at radius 3 is 2.30 bits per heavy atom. The molecule has 0 saturated carbocycles. The first-order valence-electron chi connectivity index (χ1n) is 7.53. The van der Waals surface area contributed by atoms with Crippen LogP contribution in [0.5, 0.6) is 0 Å². The van der Waals surface area contributed by atoms with Crippen LogP contribution in [-0.2, 0) is 0 Å². The number of rotatable bonds is 5. The molecule has 0 spiro atoms. The summed E-state index contributed by atoms with van der Waals surface area (Å²) in [6, 6.07) is 20.9. The van der Waals surface area contributed by atoms with E-state index in [0.29, 0.717) is 17.0 Å². The highest BCUT2D eigenvalue weighted by atomic mass is 35.5. The molecule has 23 heavy (non-hydrogen) atoms. The quantitative estimate of drug-likeness (QED) is 0.568. The van der Waals surface area contributed by atoms with Gasteiger partial charge in [-0.05, 0) is 48.9 Å². The molecule has 3 rings (SSSR count). The van der Waals surface area contributed by atoms with Crippen LogP contribution in [0.15, 0.2) is 71.1 Å². The largest absolute Gasteiger partial charge is 0.466 e. The molecular weight excluding hydrogens is 308 g/mol. The van der Waals surface area contributed by atoms with Gasteiger partial charge in [0.05, 0.1) is 0 Å². The Morgan fingerprint density at radius 1 is 1.00 bits per heavy atom. The molecule has 0 bridgehead atoms. The van der Waals surface area contributed by atoms with Gasteiger partial charge in [0.2, 0.25) is 0 Å². The van der Waals surface area contributed by atoms with Gasteiger partial charge in [0.15, 0.2) is 5.78 Å². The number of carbonyl (C=O) groups excluding carboxylic acids is 1. The van der Waals surface area contributed by atoms with Gasteiger partial charge < -0.3 is 4.42 Å². The summed E-state index contributed by atoms with van der Waals surface area (Å²) in [5.74, 6) is 1.65. The highest BCUT2D eigenvalue weighted by molar-refractivity contribution is 6.30. The van der Waals surface area contributed by atoms with Gasteiger partial charge >= 0.3 is 0 Å². The number of Topliss-reactive ketones (excluding diaryl/α,β-unsaturated/α-hetero) is 1. The standard InChI is InChI=1S/C20H17ClO2/c1-14-7-12-20(23-14)18(15-5-3-2-4-6-15)13-19(22)16-8-10-17(21)11-9-16/h2-12,18H,13H2,1H3. The lowest BCUT2D eigenvalue weighted by Gasteiger charge is -2.14. The Labute approximate surface area is 140 Å². The van der Waals surface area contributed by atoms with Gasteiger partial charge in [0.25, 0.3) is 0 Å². The monoisotopic (exact) mass is 324 g/mol. The Kier molecular flexibility index (Phi) is 4.63. The molecule has 3 heteroatoms. The summed E-state index contributed by atoms with van der Waals surface area (Å²) >= 11 is 5.89. The van der Waals surface area contributed by atoms with Gasteiger partial charge in [-0.1, -0.05) is 41.9 Å². The van der Waals surface area contributed by atoms with Gasteiger partial charge in [-0.15, -0.1) is 0 Å². The minimum Gasteiger partial charge on any atom is -0.466 e. The average molecular weight is 325 g/mol. The molecule has 116 valence electrons. The zero-order chi connectivity index (χ0) is 16.2. The molecule has 1 atom stereocenters. The molecule has 0 aliphatic heterocycles. The number of halogens is 1. The van der Waals surface area contributed by atoms with E-state index in [1.54, 1.807) is 24.3 Å². The van der Waals surface area contributed by atoms with Crippen molar-refractivity contribution in [1.29, 1.82) is 0 Å². The van der Waals surface area contributed by atoms with E-state index < -0.39 is 0 Å². The molecule has 3 aromatic rings. The van der Waals surface area contributed by atoms with E-state index in [1.807, 2.05) is 49.4 Å². The van der Waals surface area contributed by atoms with Crippen LogP contribution in [0, 0.1) is 6.92 Å². The molecule has 0 fully saturated rings. The van der Waals surface area contributed by atoms with E-state index in [1.165, 1.54) is 0 Å². The van der Waals surface area contributed by atoms with Crippen LogP contribution in [0.25, 0.3) is 0 Å². The van der Waals surface area contributed by atoms with Crippen molar-refractivity contribution in [1.82, 2.24) is 0 Å². The molecule has 2 nitrogen and oxygen atoms in total. The average Bonchev–Trinajstić information content (AvgIpc) is 3.00. The van der Waals surface area contributed by atoms with Crippen LogP contribution < -0.4 is 0 Å². The SMILES string of the molecule is Cc1ccc(C(CC(=O)c2ccc(Cl)cc2)c2ccccc2)o1. The fourth-order valence-corrected chi connectivity index (χ4v) is 2.77. The molecule has 0 aliphatic rings. The summed E-state index contributed by atoms with van der Waals surface area (Å²) in [7, 11) is 0. The van der Waals surface area contributed by atoms with Crippen molar-refractivity contribution in [2.75, 3.05) is 0 Å². The fraction of sp³-hybridized carbons (Fsp3) is 0.150. The number of ketones is 1. The number of carbonyl (C=O) groups is 1. The van der Waals surface area contributed by atoms with Crippen molar-refractivity contribution in [2.24, 2.45) is 0 Å². The predicted molar refractivity (Wildman–Crippen MR) is 92.1 cm³/mol. The highest BCUT2D eigenvalue weighted by Gasteiger charge is 2.21. The summed E-state index contributed by atoms with van der Waals surface area (Å²) in [4.78, 5) is 12.6. The Bertz CT molecular complexity index is 788. The first-order valence-corrected chi connectivity index (χ1v) is 7.91. The second-order valence-electron chi connectivity index (χ2n) is 5.55. The van der Waals surface area contributed by atoms with E-state index in [4.69, 9.17) is 16.0 Å². The number of benzene rings is 2. The molecule has 0 aliphatic carbocycles. The fourth-order valence-electron chi connectivity index (χ4n) is 2.65. The third kappa shape index (κ3) is 3.72. The minimum atomic E-state index is -0.0897. The van der Waals surface area contributed by atoms with Crippen LogP contribution in [0.4, 0.5) is 0 Å². The van der Waals surface area contributed by atoms with Crippen molar-refractivity contribution in [3.05, 3.63) is 94.4 Å². The van der Waals surface area contributed by atoms with Crippen LogP contribution in [0.3, 0.4) is 0 Å². The molecular formula is C20H17ClO2. The maximum atomic E-state index is 12.6. The van der Waals surface area contributed by atoms with Crippen molar-refractivity contribution in [3.8, 4) is 0 Å². The van der Waals surface area contributed by atoms with Crippen LogP contribution in [-0.4, -0.2) is 5.78 Å². The number of furan rings is 1. The van der Waals surface area contributed by atoms with E-state index in [0.717, 1.165) is 17.1 Å². The lowest BCUT2D eigenvalue weighted by molar-refractivity contribution is 0.0975. The second-order valence-corrected chi connectivity index (χ2v) is 5.98. The maximum Gasteiger partial charge on any atom is 0.163 e. The lowest BCUT2D eigenvalue weighted by Crippen LogP contribution is -2.08. The summed E-state index contributed by atoms with van der Waals surface area (Å²) in [5.41, 5.74) is 1.74. The smallest absolute Gasteiger partial charge is 0.163 e. The van der Waals surface area contributed by atoms with Crippen molar-refractivity contribution < 1.29 is 9.21 Å². The Morgan fingerprint density at radius 2 is 1.70 bits per heavy atom. The third-order valence-electron chi connectivity index (χ3n) is 3.86. The maximum absolute atomic E-state index is 12.6. The highest BCUT2D eigenvalue weighted by Crippen LogP contribution is 2.30. The summed E-state index contributed by atoms with van der Waals surface area (Å²) in [6.45, 7) is 1.91. The lowest BCUT2D eigenvalue weighted by atomic mass is 9.89. The van der Waals surface area contributed by atoms with Gasteiger partial charge in [-0.25, -0.2) is 0 Å². The van der Waals surface area contributed by atoms with Gasteiger partial charge in [-0.2, -0.15) is 0 Å². The molecule has 1 aromatic heterocycles. The van der Waals surface area contributed by atoms with Crippen LogP contribution in [0.2, 0.25) is 5.02 Å². The first kappa shape index (κ1) is 15.6. The Balaban J connectivity index is 1.90. The zero-order valence-corrected chi connectivity index (χ0v) is 13.6. The van der Waals surface area contributed by atoms with Gasteiger partial charge in [0.1, 0.15) is 11.5 Å². The summed E-state index contributed by atoms with van der Waals surface area (Å²) < 4.78 is 5.78. The molecule has 1 heterocycles. The van der Waals surface area contributed by atoms with Crippen molar-refractivity contribution >= 4 is 17.4 Å². The molecule has 0 radical (unpaired) electrons. The topological polar surface area (TPSA) is 30.2 Å². The van der Waals surface area contributed by atoms with Crippen LogP contribution >= 0.6 is 11.6 Å². The molecule has 0 saturated heterocycles. The summed E-state index contributed by atoms with van der Waals surface area (Å²) in [5, 5.41) is 0.628. The van der Waals surface area contributed by atoms with Crippen molar-refractivity contribution in [3.63, 3.8) is 0 Å². The van der Waals surface area contributed by atoms with E-state index in [9.17, 15) is 4.79 Å². The van der Waals surface area contributed by atoms with Crippen molar-refractivity contribution in [2.45, 2.75) is 19.3 Å². The normalized spacial score (nSPS) is 12.1. The van der Waals surface area contributed by atoms with Gasteiger partial charge in [-0.3, -0.25) is 4.79 Å². The van der Waals surface area contributed by atoms with E-state index >= 15 is 0 Å². The number of hydrogen-bond donors (Lipinski definition) is 0. The molecule has 0 N–H and O–H groups in total. The number of hydrogen-bond acceptors (Lipinski definition) is 2. The minimum absolute atomic E-state index is 0.0737. The Hall–Kier alpha value is -2.32. The zero-order valence-electron chi connectivity index (χ0n) is 12.8. The van der Waals surface area contributed by atoms with E-state index in [2.05, 4.69) is 0 Å².